The highest BCUT2D eigenvalue weighted by atomic mass is 32.2. The normalized spacial score (nSPS) is 21.1. The molecule has 0 amide bonds. The largest absolute Gasteiger partial charge is 0.523 e. The second-order valence-corrected chi connectivity index (χ2v) is 6.31. The molecule has 18 heavy (non-hydrogen) atoms. The number of hydrogen-bond donors (Lipinski definition) is 0. The number of cyclic esters (lactones) is 1. The molecule has 0 N–H and O–H groups in total. The second-order valence-electron chi connectivity index (χ2n) is 3.39. The lowest BCUT2D eigenvalue weighted by molar-refractivity contribution is -0.137. The minimum atomic E-state index is -5.51. The molecule has 1 heterocycles. The predicted octanol–water partition coefficient (Wildman–Crippen LogP) is 1.29. The Morgan fingerprint density at radius 1 is 1.44 bits per heavy atom. The fourth-order valence-electron chi connectivity index (χ4n) is 1.15. The Morgan fingerprint density at radius 3 is 2.61 bits per heavy atom. The van der Waals surface area contributed by atoms with E-state index in [1.165, 1.54) is 11.8 Å². The number of ether oxygens (including phenoxy) is 1. The number of halogens is 3. The summed E-state index contributed by atoms with van der Waals surface area (Å²) in [7, 11) is -5.51. The van der Waals surface area contributed by atoms with Crippen LogP contribution in [0, 0.1) is 0 Å². The van der Waals surface area contributed by atoms with Crippen molar-refractivity contribution in [3.8, 4) is 0 Å². The zero-order valence-corrected chi connectivity index (χ0v) is 10.7. The fraction of sp³-hybridized carbons (Fsp3) is 0.875. The predicted molar refractivity (Wildman–Crippen MR) is 57.4 cm³/mol. The van der Waals surface area contributed by atoms with Crippen LogP contribution in [-0.2, 0) is 23.8 Å². The number of carbonyl (C=O) groups excluding carboxylic acids is 1. The summed E-state index contributed by atoms with van der Waals surface area (Å²) in [6, 6.07) is 0. The number of alkyl halides is 3. The van der Waals surface area contributed by atoms with Crippen LogP contribution in [0.25, 0.3) is 0 Å². The molecule has 0 radical (unpaired) electrons. The molecule has 10 heteroatoms. The minimum Gasteiger partial charge on any atom is -0.465 e. The quantitative estimate of drug-likeness (QED) is 0.319. The molecule has 0 spiro atoms. The molecule has 0 saturated carbocycles. The summed E-state index contributed by atoms with van der Waals surface area (Å²) in [6.07, 6.45) is 0.662. The first-order chi connectivity index (χ1) is 8.24. The molecular formula is C8H11F3O5S2. The molecular weight excluding hydrogens is 297 g/mol. The number of carbonyl (C=O) groups is 1. The molecule has 1 unspecified atom stereocenters. The summed E-state index contributed by atoms with van der Waals surface area (Å²) in [5.74, 6) is -0.0171. The lowest BCUT2D eigenvalue weighted by Crippen LogP contribution is -2.26. The maximum atomic E-state index is 11.9. The van der Waals surface area contributed by atoms with Crippen molar-refractivity contribution in [3.05, 3.63) is 0 Å². The van der Waals surface area contributed by atoms with Gasteiger partial charge < -0.3 is 4.74 Å². The standard InChI is InChI=1S/C8H11F3O5S2/c9-8(10,11)18(13,14)16-3-1-5-17-6-2-4-15-7(6)12/h6H,1-5H2. The van der Waals surface area contributed by atoms with Crippen LogP contribution in [0.3, 0.4) is 0 Å². The molecule has 0 bridgehead atoms. The van der Waals surface area contributed by atoms with Gasteiger partial charge in [-0.1, -0.05) is 0 Å². The molecule has 0 aliphatic carbocycles. The van der Waals surface area contributed by atoms with E-state index in [0.29, 0.717) is 18.8 Å². The van der Waals surface area contributed by atoms with E-state index in [0.717, 1.165) is 0 Å². The fourth-order valence-corrected chi connectivity index (χ4v) is 2.66. The highest BCUT2D eigenvalue weighted by Gasteiger charge is 2.47. The molecule has 1 aliphatic rings. The number of thioether (sulfide) groups is 1. The summed E-state index contributed by atoms with van der Waals surface area (Å²) >= 11 is 1.22. The Bertz CT molecular complexity index is 392. The summed E-state index contributed by atoms with van der Waals surface area (Å²) in [6.45, 7) is -0.216. The molecule has 1 rings (SSSR count). The Morgan fingerprint density at radius 2 is 2.11 bits per heavy atom. The third-order valence-electron chi connectivity index (χ3n) is 2.02. The van der Waals surface area contributed by atoms with Crippen LogP contribution in [0.15, 0.2) is 0 Å². The van der Waals surface area contributed by atoms with Gasteiger partial charge in [-0.05, 0) is 12.2 Å². The van der Waals surface area contributed by atoms with Gasteiger partial charge in [0.05, 0.1) is 13.2 Å². The second kappa shape index (κ2) is 6.11. The lowest BCUT2D eigenvalue weighted by atomic mass is 10.4. The maximum Gasteiger partial charge on any atom is 0.523 e. The highest BCUT2D eigenvalue weighted by Crippen LogP contribution is 2.25. The molecule has 1 fully saturated rings. The molecule has 0 aromatic heterocycles. The zero-order chi connectivity index (χ0) is 13.8. The number of rotatable bonds is 6. The van der Waals surface area contributed by atoms with Crippen molar-refractivity contribution in [1.82, 2.24) is 0 Å². The maximum absolute atomic E-state index is 11.9. The van der Waals surface area contributed by atoms with Crippen molar-refractivity contribution in [2.45, 2.75) is 23.6 Å². The first kappa shape index (κ1) is 15.6. The highest BCUT2D eigenvalue weighted by molar-refractivity contribution is 8.00. The van der Waals surface area contributed by atoms with Crippen LogP contribution in [0.2, 0.25) is 0 Å². The number of esters is 1. The van der Waals surface area contributed by atoms with Crippen molar-refractivity contribution < 1.29 is 35.3 Å². The Labute approximate surface area is 106 Å². The summed E-state index contributed by atoms with van der Waals surface area (Å²) in [5, 5.41) is -0.316. The average molecular weight is 308 g/mol. The van der Waals surface area contributed by atoms with E-state index in [1.807, 2.05) is 0 Å². The van der Waals surface area contributed by atoms with Gasteiger partial charge in [-0.15, -0.1) is 11.8 Å². The summed E-state index contributed by atoms with van der Waals surface area (Å²) in [5.41, 5.74) is -5.39. The van der Waals surface area contributed by atoms with E-state index in [1.54, 1.807) is 0 Å². The Balaban J connectivity index is 2.18. The van der Waals surface area contributed by atoms with E-state index in [-0.39, 0.29) is 17.6 Å². The third kappa shape index (κ3) is 4.32. The van der Waals surface area contributed by atoms with Crippen LogP contribution in [0.1, 0.15) is 12.8 Å². The van der Waals surface area contributed by atoms with Gasteiger partial charge in [-0.3, -0.25) is 8.98 Å². The average Bonchev–Trinajstić information content (AvgIpc) is 2.62. The first-order valence-electron chi connectivity index (χ1n) is 4.98. The Hall–Kier alpha value is -0.480. The monoisotopic (exact) mass is 308 g/mol. The van der Waals surface area contributed by atoms with Crippen LogP contribution >= 0.6 is 11.8 Å². The minimum absolute atomic E-state index is 0.101. The van der Waals surface area contributed by atoms with E-state index in [2.05, 4.69) is 8.92 Å². The van der Waals surface area contributed by atoms with E-state index >= 15 is 0 Å². The molecule has 1 aliphatic heterocycles. The van der Waals surface area contributed by atoms with Crippen LogP contribution < -0.4 is 0 Å². The van der Waals surface area contributed by atoms with Crippen molar-refractivity contribution in [2.75, 3.05) is 19.0 Å². The van der Waals surface area contributed by atoms with E-state index in [9.17, 15) is 26.4 Å². The lowest BCUT2D eigenvalue weighted by Gasteiger charge is -2.08. The van der Waals surface area contributed by atoms with Gasteiger partial charge in [-0.25, -0.2) is 0 Å². The molecule has 0 aromatic carbocycles. The first-order valence-corrected chi connectivity index (χ1v) is 7.43. The smallest absolute Gasteiger partial charge is 0.465 e. The Kier molecular flexibility index (Phi) is 5.29. The van der Waals surface area contributed by atoms with Gasteiger partial charge in [0.2, 0.25) is 0 Å². The van der Waals surface area contributed by atoms with E-state index < -0.39 is 22.2 Å². The van der Waals surface area contributed by atoms with Crippen LogP contribution in [0.4, 0.5) is 13.2 Å². The van der Waals surface area contributed by atoms with Gasteiger partial charge in [0.1, 0.15) is 5.25 Å². The molecule has 106 valence electrons. The summed E-state index contributed by atoms with van der Waals surface area (Å²) in [4.78, 5) is 11.0. The molecule has 5 nitrogen and oxygen atoms in total. The number of hydrogen-bond acceptors (Lipinski definition) is 6. The zero-order valence-electron chi connectivity index (χ0n) is 9.10. The van der Waals surface area contributed by atoms with Crippen molar-refractivity contribution in [3.63, 3.8) is 0 Å². The van der Waals surface area contributed by atoms with Crippen LogP contribution in [0.5, 0.6) is 0 Å². The van der Waals surface area contributed by atoms with Gasteiger partial charge in [0, 0.05) is 6.42 Å². The van der Waals surface area contributed by atoms with Gasteiger partial charge >= 0.3 is 21.6 Å². The van der Waals surface area contributed by atoms with Crippen molar-refractivity contribution >= 4 is 27.8 Å². The summed E-state index contributed by atoms with van der Waals surface area (Å²) < 4.78 is 65.1. The SMILES string of the molecule is O=C1OCCC1SCCCOS(=O)(=O)C(F)(F)F. The van der Waals surface area contributed by atoms with Gasteiger partial charge in [-0.2, -0.15) is 21.6 Å². The van der Waals surface area contributed by atoms with Crippen LogP contribution in [-0.4, -0.2) is 44.1 Å². The molecule has 1 saturated heterocycles. The molecule has 1 atom stereocenters. The van der Waals surface area contributed by atoms with Crippen molar-refractivity contribution in [2.24, 2.45) is 0 Å². The van der Waals surface area contributed by atoms with Crippen molar-refractivity contribution in [1.29, 1.82) is 0 Å². The topological polar surface area (TPSA) is 69.7 Å². The van der Waals surface area contributed by atoms with Gasteiger partial charge in [0.15, 0.2) is 0 Å². The van der Waals surface area contributed by atoms with Gasteiger partial charge in [0.25, 0.3) is 0 Å². The third-order valence-corrected chi connectivity index (χ3v) is 4.42. The molecule has 0 aromatic rings. The van der Waals surface area contributed by atoms with E-state index in [4.69, 9.17) is 0 Å².